The highest BCUT2D eigenvalue weighted by molar-refractivity contribution is 5.97. The molecular weight excluding hydrogens is 421 g/mol. The minimum atomic E-state index is -0.392. The third-order valence-corrected chi connectivity index (χ3v) is 7.59. The summed E-state index contributed by atoms with van der Waals surface area (Å²) in [4.78, 5) is 19.9. The van der Waals surface area contributed by atoms with Crippen LogP contribution in [0.2, 0.25) is 0 Å². The molecule has 1 N–H and O–H groups in total. The molecule has 170 valence electrons. The number of nitrogens with zero attached hydrogens (tertiary/aromatic N) is 4. The largest absolute Gasteiger partial charge is 0.489 e. The standard InChI is InChI=1S/C25H26FN5O2/c26-16-3-6-20(23(7-16)33-19-8-17-4-5-18(9-19)28-17)25(32)30-12-21-22(13-30)29-31-11-15(14-1-2-14)10-27-24(21)31/h3,6-7,10-11,14,17-19,28H,1-2,4-5,8-9,12-13H2/t17-,18+,19?. The Hall–Kier alpha value is -3.00. The average molecular weight is 448 g/mol. The van der Waals surface area contributed by atoms with E-state index in [9.17, 15) is 9.18 Å². The van der Waals surface area contributed by atoms with Crippen molar-refractivity contribution >= 4 is 11.6 Å². The first-order valence-electron chi connectivity index (χ1n) is 12.0. The third-order valence-electron chi connectivity index (χ3n) is 7.59. The maximum absolute atomic E-state index is 14.1. The van der Waals surface area contributed by atoms with Crippen LogP contribution in [0.4, 0.5) is 4.39 Å². The molecule has 4 aliphatic rings. The molecule has 33 heavy (non-hydrogen) atoms. The molecule has 1 amide bonds. The Balaban J connectivity index is 1.13. The molecule has 0 radical (unpaired) electrons. The molecule has 3 fully saturated rings. The first-order chi connectivity index (χ1) is 16.1. The number of benzene rings is 1. The quantitative estimate of drug-likeness (QED) is 0.662. The highest BCUT2D eigenvalue weighted by Crippen LogP contribution is 2.40. The van der Waals surface area contributed by atoms with Gasteiger partial charge in [0.15, 0.2) is 5.65 Å². The third kappa shape index (κ3) is 3.39. The zero-order valence-corrected chi connectivity index (χ0v) is 18.3. The Kier molecular flexibility index (Phi) is 4.28. The summed E-state index contributed by atoms with van der Waals surface area (Å²) in [6.45, 7) is 0.867. The summed E-state index contributed by atoms with van der Waals surface area (Å²) in [5.74, 6) is 0.410. The molecule has 7 rings (SSSR count). The van der Waals surface area contributed by atoms with Crippen LogP contribution in [-0.2, 0) is 13.1 Å². The number of fused-ring (bicyclic) bond motifs is 5. The molecule has 2 saturated heterocycles. The number of hydrogen-bond acceptors (Lipinski definition) is 5. The van der Waals surface area contributed by atoms with Crippen LogP contribution in [0.1, 0.15) is 71.6 Å². The van der Waals surface area contributed by atoms with Gasteiger partial charge in [0, 0.05) is 36.1 Å². The minimum Gasteiger partial charge on any atom is -0.489 e. The first-order valence-corrected chi connectivity index (χ1v) is 12.0. The number of piperidine rings is 1. The monoisotopic (exact) mass is 447 g/mol. The fourth-order valence-electron chi connectivity index (χ4n) is 5.75. The number of hydrogen-bond donors (Lipinski definition) is 1. The predicted molar refractivity (Wildman–Crippen MR) is 119 cm³/mol. The van der Waals surface area contributed by atoms with E-state index in [1.165, 1.54) is 30.5 Å². The summed E-state index contributed by atoms with van der Waals surface area (Å²) in [6.07, 6.45) is 10.5. The maximum Gasteiger partial charge on any atom is 0.258 e. The van der Waals surface area contributed by atoms with E-state index in [0.717, 1.165) is 42.6 Å². The van der Waals surface area contributed by atoms with Crippen molar-refractivity contribution in [2.75, 3.05) is 0 Å². The lowest BCUT2D eigenvalue weighted by Crippen LogP contribution is -2.42. The lowest BCUT2D eigenvalue weighted by atomic mass is 10.0. The first kappa shape index (κ1) is 19.5. The normalized spacial score (nSPS) is 26.1. The van der Waals surface area contributed by atoms with E-state index < -0.39 is 5.82 Å². The van der Waals surface area contributed by atoms with Gasteiger partial charge < -0.3 is 15.0 Å². The molecule has 3 atom stereocenters. The van der Waals surface area contributed by atoms with Crippen molar-refractivity contribution in [3.05, 3.63) is 58.8 Å². The Bertz CT molecular complexity index is 1260. The Morgan fingerprint density at radius 2 is 1.94 bits per heavy atom. The molecule has 1 unspecified atom stereocenters. The van der Waals surface area contributed by atoms with Crippen LogP contribution in [0.5, 0.6) is 5.75 Å². The Labute approximate surface area is 190 Å². The zero-order chi connectivity index (χ0) is 22.1. The lowest BCUT2D eigenvalue weighted by molar-refractivity contribution is 0.0737. The fraction of sp³-hybridized carbons (Fsp3) is 0.480. The molecule has 3 aliphatic heterocycles. The van der Waals surface area contributed by atoms with Gasteiger partial charge in [-0.3, -0.25) is 4.79 Å². The topological polar surface area (TPSA) is 71.8 Å². The summed E-state index contributed by atoms with van der Waals surface area (Å²) < 4.78 is 22.2. The predicted octanol–water partition coefficient (Wildman–Crippen LogP) is 3.56. The number of carbonyl (C=O) groups excluding carboxylic acids is 1. The van der Waals surface area contributed by atoms with Gasteiger partial charge in [-0.1, -0.05) is 0 Å². The number of rotatable bonds is 4. The molecule has 1 aromatic carbocycles. The molecule has 8 heteroatoms. The summed E-state index contributed by atoms with van der Waals surface area (Å²) in [6, 6.07) is 5.15. The molecular formula is C25H26FN5O2. The SMILES string of the molecule is O=C(c1ccc(F)cc1OC1C[C@H]2CC[C@@H](C1)N2)N1Cc2nn3cc(C4CC4)cnc3c2C1. The van der Waals surface area contributed by atoms with E-state index in [2.05, 4.69) is 16.5 Å². The van der Waals surface area contributed by atoms with E-state index in [-0.39, 0.29) is 12.0 Å². The molecule has 1 saturated carbocycles. The van der Waals surface area contributed by atoms with Crippen LogP contribution in [0.15, 0.2) is 30.6 Å². The maximum atomic E-state index is 14.1. The van der Waals surface area contributed by atoms with E-state index >= 15 is 0 Å². The summed E-state index contributed by atoms with van der Waals surface area (Å²) in [5.41, 5.74) is 4.32. The molecule has 3 aromatic rings. The van der Waals surface area contributed by atoms with Crippen LogP contribution < -0.4 is 10.1 Å². The van der Waals surface area contributed by atoms with Gasteiger partial charge in [0.05, 0.1) is 24.3 Å². The van der Waals surface area contributed by atoms with E-state index in [4.69, 9.17) is 9.84 Å². The molecule has 1 aliphatic carbocycles. The average Bonchev–Trinajstić information content (AvgIpc) is 3.37. The second-order valence-electron chi connectivity index (χ2n) is 10.0. The van der Waals surface area contributed by atoms with Crippen molar-refractivity contribution in [1.82, 2.24) is 24.8 Å². The molecule has 2 aromatic heterocycles. The summed E-state index contributed by atoms with van der Waals surface area (Å²) >= 11 is 0. The van der Waals surface area contributed by atoms with Gasteiger partial charge in [0.25, 0.3) is 5.91 Å². The minimum absolute atomic E-state index is 0.00180. The van der Waals surface area contributed by atoms with Gasteiger partial charge >= 0.3 is 0 Å². The van der Waals surface area contributed by atoms with E-state index in [0.29, 0.717) is 42.4 Å². The van der Waals surface area contributed by atoms with Gasteiger partial charge in [0.1, 0.15) is 17.7 Å². The van der Waals surface area contributed by atoms with Crippen molar-refractivity contribution in [3.63, 3.8) is 0 Å². The van der Waals surface area contributed by atoms with Gasteiger partial charge in [0.2, 0.25) is 0 Å². The molecule has 5 heterocycles. The Morgan fingerprint density at radius 3 is 2.73 bits per heavy atom. The number of amides is 1. The van der Waals surface area contributed by atoms with Crippen LogP contribution in [-0.4, -0.2) is 43.6 Å². The van der Waals surface area contributed by atoms with E-state index in [1.54, 1.807) is 11.0 Å². The smallest absolute Gasteiger partial charge is 0.258 e. The summed E-state index contributed by atoms with van der Waals surface area (Å²) in [5, 5.41) is 8.30. The second-order valence-corrected chi connectivity index (χ2v) is 10.0. The number of ether oxygens (including phenoxy) is 1. The Morgan fingerprint density at radius 1 is 1.12 bits per heavy atom. The number of nitrogens with one attached hydrogen (secondary N) is 1. The molecule has 2 bridgehead atoms. The van der Waals surface area contributed by atoms with Crippen molar-refractivity contribution in [2.24, 2.45) is 0 Å². The van der Waals surface area contributed by atoms with Crippen LogP contribution >= 0.6 is 0 Å². The van der Waals surface area contributed by atoms with Gasteiger partial charge in [-0.25, -0.2) is 13.9 Å². The second kappa shape index (κ2) is 7.25. The summed E-state index contributed by atoms with van der Waals surface area (Å²) in [7, 11) is 0. The van der Waals surface area contributed by atoms with Gasteiger partial charge in [-0.2, -0.15) is 5.10 Å². The highest BCUT2D eigenvalue weighted by atomic mass is 19.1. The molecule has 0 spiro atoms. The van der Waals surface area contributed by atoms with E-state index in [1.807, 2.05) is 10.7 Å². The highest BCUT2D eigenvalue weighted by Gasteiger charge is 2.36. The van der Waals surface area contributed by atoms with Crippen LogP contribution in [0.3, 0.4) is 0 Å². The lowest BCUT2D eigenvalue weighted by Gasteiger charge is -2.30. The number of aromatic nitrogens is 3. The number of halogens is 1. The van der Waals surface area contributed by atoms with Crippen LogP contribution in [0, 0.1) is 5.82 Å². The van der Waals surface area contributed by atoms with Crippen LogP contribution in [0.25, 0.3) is 5.65 Å². The number of carbonyl (C=O) groups is 1. The molecule has 7 nitrogen and oxygen atoms in total. The van der Waals surface area contributed by atoms with Crippen molar-refractivity contribution in [3.8, 4) is 5.75 Å². The van der Waals surface area contributed by atoms with Gasteiger partial charge in [-0.05, 0) is 62.1 Å². The fourth-order valence-corrected chi connectivity index (χ4v) is 5.75. The zero-order valence-electron chi connectivity index (χ0n) is 18.3. The van der Waals surface area contributed by atoms with Crippen molar-refractivity contribution in [2.45, 2.75) is 75.7 Å². The van der Waals surface area contributed by atoms with Gasteiger partial charge in [-0.15, -0.1) is 0 Å². The van der Waals surface area contributed by atoms with Crippen molar-refractivity contribution < 1.29 is 13.9 Å². The van der Waals surface area contributed by atoms with Crippen molar-refractivity contribution in [1.29, 1.82) is 0 Å².